The van der Waals surface area contributed by atoms with E-state index < -0.39 is 0 Å². The topological polar surface area (TPSA) is 81.3 Å². The Morgan fingerprint density at radius 1 is 1.24 bits per heavy atom. The Hall–Kier alpha value is -2.86. The van der Waals surface area contributed by atoms with E-state index in [0.29, 0.717) is 28.2 Å². The number of halogens is 1. The number of ether oxygens (including phenoxy) is 1. The summed E-state index contributed by atoms with van der Waals surface area (Å²) in [5.41, 5.74) is 7.45. The van der Waals surface area contributed by atoms with Crippen molar-refractivity contribution in [2.24, 2.45) is 0 Å². The lowest BCUT2D eigenvalue weighted by atomic mass is 10.1. The molecule has 0 radical (unpaired) electrons. The summed E-state index contributed by atoms with van der Waals surface area (Å²) in [4.78, 5) is 22.8. The van der Waals surface area contributed by atoms with Gasteiger partial charge in [-0.1, -0.05) is 29.8 Å². The third-order valence-corrected chi connectivity index (χ3v) is 4.05. The second-order valence-electron chi connectivity index (χ2n) is 5.56. The molecule has 6 nitrogen and oxygen atoms in total. The maximum atomic E-state index is 12.9. The van der Waals surface area contributed by atoms with Crippen molar-refractivity contribution in [3.05, 3.63) is 58.7 Å². The first kappa shape index (κ1) is 17.0. The van der Waals surface area contributed by atoms with Gasteiger partial charge in [0.1, 0.15) is 11.4 Å². The van der Waals surface area contributed by atoms with Crippen LogP contribution in [0, 0.1) is 0 Å². The Bertz CT molecular complexity index is 946. The Kier molecular flexibility index (Phi) is 4.72. The molecule has 3 aromatic rings. The summed E-state index contributed by atoms with van der Waals surface area (Å²) >= 11 is 6.06. The lowest BCUT2D eigenvalue weighted by Crippen LogP contribution is -2.28. The number of carbonyl (C=O) groups excluding carboxylic acids is 1. The molecule has 0 bridgehead atoms. The molecule has 7 heteroatoms. The van der Waals surface area contributed by atoms with Crippen LogP contribution in [0.25, 0.3) is 10.9 Å². The molecule has 0 saturated heterocycles. The minimum Gasteiger partial charge on any atom is -0.496 e. The number of benzene rings is 2. The quantitative estimate of drug-likeness (QED) is 0.776. The zero-order valence-electron chi connectivity index (χ0n) is 13.9. The third-order valence-electron chi connectivity index (χ3n) is 3.82. The van der Waals surface area contributed by atoms with E-state index >= 15 is 0 Å². The van der Waals surface area contributed by atoms with Crippen molar-refractivity contribution in [1.29, 1.82) is 0 Å². The maximum Gasteiger partial charge on any atom is 0.273 e. The van der Waals surface area contributed by atoms with E-state index in [0.717, 1.165) is 5.56 Å². The van der Waals surface area contributed by atoms with Gasteiger partial charge in [0.05, 0.1) is 12.6 Å². The number of nitrogens with two attached hydrogens (primary N) is 1. The van der Waals surface area contributed by atoms with E-state index in [1.165, 1.54) is 0 Å². The highest BCUT2D eigenvalue weighted by Gasteiger charge is 2.19. The molecule has 0 aliphatic carbocycles. The summed E-state index contributed by atoms with van der Waals surface area (Å²) in [6.45, 7) is 0.320. The number of para-hydroxylation sites is 1. The van der Waals surface area contributed by atoms with Gasteiger partial charge in [-0.05, 0) is 24.3 Å². The number of methoxy groups -OCH3 is 1. The van der Waals surface area contributed by atoms with Gasteiger partial charge >= 0.3 is 0 Å². The van der Waals surface area contributed by atoms with Gasteiger partial charge in [0, 0.05) is 29.6 Å². The number of rotatable bonds is 4. The summed E-state index contributed by atoms with van der Waals surface area (Å²) in [7, 11) is 3.27. The molecule has 0 unspecified atom stereocenters. The van der Waals surface area contributed by atoms with Crippen molar-refractivity contribution >= 4 is 34.4 Å². The third kappa shape index (κ3) is 3.49. The molecule has 128 valence electrons. The van der Waals surface area contributed by atoms with Crippen LogP contribution in [0.4, 0.5) is 5.95 Å². The van der Waals surface area contributed by atoms with Crippen LogP contribution in [0.15, 0.2) is 42.5 Å². The molecule has 1 amide bonds. The fourth-order valence-corrected chi connectivity index (χ4v) is 2.83. The first-order valence-corrected chi connectivity index (χ1v) is 7.97. The first-order valence-electron chi connectivity index (χ1n) is 7.59. The Labute approximate surface area is 150 Å². The first-order chi connectivity index (χ1) is 12.0. The van der Waals surface area contributed by atoms with E-state index in [1.54, 1.807) is 49.4 Å². The summed E-state index contributed by atoms with van der Waals surface area (Å²) in [6, 6.07) is 12.6. The van der Waals surface area contributed by atoms with Crippen LogP contribution in [-0.2, 0) is 6.54 Å². The van der Waals surface area contributed by atoms with Crippen LogP contribution >= 0.6 is 11.6 Å². The molecule has 0 spiro atoms. The predicted octanol–water partition coefficient (Wildman–Crippen LogP) is 3.15. The summed E-state index contributed by atoms with van der Waals surface area (Å²) in [5, 5.41) is 1.24. The number of nitrogen functional groups attached to an aromatic ring is 1. The van der Waals surface area contributed by atoms with E-state index in [4.69, 9.17) is 22.1 Å². The Balaban J connectivity index is 1.95. The number of hydrogen-bond acceptors (Lipinski definition) is 5. The van der Waals surface area contributed by atoms with Crippen LogP contribution in [0.1, 0.15) is 16.1 Å². The second kappa shape index (κ2) is 6.94. The van der Waals surface area contributed by atoms with Gasteiger partial charge in [-0.3, -0.25) is 4.79 Å². The highest BCUT2D eigenvalue weighted by atomic mass is 35.5. The largest absolute Gasteiger partial charge is 0.496 e. The van der Waals surface area contributed by atoms with Gasteiger partial charge in [0.25, 0.3) is 5.91 Å². The SMILES string of the molecule is COc1ccc(Cl)cc1CN(C)C(=O)c1nc(N)nc2ccccc12. The average Bonchev–Trinajstić information content (AvgIpc) is 2.60. The van der Waals surface area contributed by atoms with Gasteiger partial charge in [0.2, 0.25) is 5.95 Å². The minimum absolute atomic E-state index is 0.0655. The molecule has 1 heterocycles. The van der Waals surface area contributed by atoms with Crippen molar-refractivity contribution in [2.75, 3.05) is 19.9 Å². The minimum atomic E-state index is -0.257. The van der Waals surface area contributed by atoms with E-state index in [1.807, 2.05) is 12.1 Å². The lowest BCUT2D eigenvalue weighted by molar-refractivity contribution is 0.0780. The van der Waals surface area contributed by atoms with E-state index in [-0.39, 0.29) is 17.5 Å². The number of fused-ring (bicyclic) bond motifs is 1. The normalized spacial score (nSPS) is 10.7. The molecule has 25 heavy (non-hydrogen) atoms. The molecule has 3 rings (SSSR count). The fraction of sp³-hybridized carbons (Fsp3) is 0.167. The Morgan fingerprint density at radius 3 is 2.76 bits per heavy atom. The van der Waals surface area contributed by atoms with E-state index in [9.17, 15) is 4.79 Å². The molecule has 2 aromatic carbocycles. The molecule has 0 aliphatic rings. The zero-order valence-corrected chi connectivity index (χ0v) is 14.6. The summed E-state index contributed by atoms with van der Waals surface area (Å²) < 4.78 is 5.33. The molecule has 0 aliphatic heterocycles. The van der Waals surface area contributed by atoms with Crippen LogP contribution in [-0.4, -0.2) is 34.9 Å². The highest BCUT2D eigenvalue weighted by molar-refractivity contribution is 6.30. The Morgan fingerprint density at radius 2 is 2.00 bits per heavy atom. The molecule has 2 N–H and O–H groups in total. The standard InChI is InChI=1S/C18H17ClN4O2/c1-23(10-11-9-12(19)7-8-15(11)25-2)17(24)16-13-5-3-4-6-14(13)21-18(20)22-16/h3-9H,10H2,1-2H3,(H2,20,21,22). The number of nitrogens with zero attached hydrogens (tertiary/aromatic N) is 3. The number of carbonyl (C=O) groups is 1. The number of amides is 1. The average molecular weight is 357 g/mol. The zero-order chi connectivity index (χ0) is 18.0. The monoisotopic (exact) mass is 356 g/mol. The van der Waals surface area contributed by atoms with Gasteiger partial charge in [-0.15, -0.1) is 0 Å². The second-order valence-corrected chi connectivity index (χ2v) is 6.00. The summed E-state index contributed by atoms with van der Waals surface area (Å²) in [5.74, 6) is 0.472. The van der Waals surface area contributed by atoms with Crippen LogP contribution in [0.5, 0.6) is 5.75 Å². The van der Waals surface area contributed by atoms with Crippen LogP contribution in [0.2, 0.25) is 5.02 Å². The maximum absolute atomic E-state index is 12.9. The lowest BCUT2D eigenvalue weighted by Gasteiger charge is -2.19. The van der Waals surface area contributed by atoms with Gasteiger partial charge in [-0.25, -0.2) is 9.97 Å². The van der Waals surface area contributed by atoms with Crippen molar-refractivity contribution < 1.29 is 9.53 Å². The smallest absolute Gasteiger partial charge is 0.273 e. The number of aromatic nitrogens is 2. The van der Waals surface area contributed by atoms with Crippen molar-refractivity contribution in [1.82, 2.24) is 14.9 Å². The van der Waals surface area contributed by atoms with Gasteiger partial charge in [0.15, 0.2) is 0 Å². The van der Waals surface area contributed by atoms with Crippen molar-refractivity contribution in [2.45, 2.75) is 6.54 Å². The number of hydrogen-bond donors (Lipinski definition) is 1. The molecular formula is C18H17ClN4O2. The highest BCUT2D eigenvalue weighted by Crippen LogP contribution is 2.25. The van der Waals surface area contributed by atoms with Crippen LogP contribution < -0.4 is 10.5 Å². The molecule has 1 aromatic heterocycles. The fourth-order valence-electron chi connectivity index (χ4n) is 2.64. The molecular weight excluding hydrogens is 340 g/mol. The van der Waals surface area contributed by atoms with Crippen LogP contribution in [0.3, 0.4) is 0 Å². The van der Waals surface area contributed by atoms with Gasteiger partial charge < -0.3 is 15.4 Å². The molecule has 0 fully saturated rings. The van der Waals surface area contributed by atoms with Crippen molar-refractivity contribution in [3.8, 4) is 5.75 Å². The van der Waals surface area contributed by atoms with E-state index in [2.05, 4.69) is 9.97 Å². The molecule has 0 atom stereocenters. The predicted molar refractivity (Wildman–Crippen MR) is 97.8 cm³/mol. The number of anilines is 1. The molecule has 0 saturated carbocycles. The van der Waals surface area contributed by atoms with Crippen molar-refractivity contribution in [3.63, 3.8) is 0 Å². The summed E-state index contributed by atoms with van der Waals surface area (Å²) in [6.07, 6.45) is 0. The van der Waals surface area contributed by atoms with Gasteiger partial charge in [-0.2, -0.15) is 0 Å².